The molecule has 0 aliphatic carbocycles. The lowest BCUT2D eigenvalue weighted by Crippen LogP contribution is -2.03. The summed E-state index contributed by atoms with van der Waals surface area (Å²) in [4.78, 5) is 0. The normalized spacial score (nSPS) is 18.3. The molecule has 1 aliphatic heterocycles. The number of rotatable bonds is 8. The highest BCUT2D eigenvalue weighted by atomic mass is 16.5. The molecule has 0 unspecified atom stereocenters. The first-order valence-corrected chi connectivity index (χ1v) is 9.35. The molecule has 1 saturated heterocycles. The number of hydrogen-bond acceptors (Lipinski definition) is 7. The van der Waals surface area contributed by atoms with Crippen molar-refractivity contribution in [3.8, 4) is 34.5 Å². The van der Waals surface area contributed by atoms with E-state index in [1.807, 2.05) is 24.3 Å². The summed E-state index contributed by atoms with van der Waals surface area (Å²) < 4.78 is 39.1. The van der Waals surface area contributed by atoms with Gasteiger partial charge in [0, 0.05) is 0 Å². The first kappa shape index (κ1) is 20.9. The Bertz CT molecular complexity index is 730. The van der Waals surface area contributed by atoms with E-state index in [0.29, 0.717) is 34.5 Å². The smallest absolute Gasteiger partial charge is 0.203 e. The molecule has 7 nitrogen and oxygen atoms in total. The molecule has 1 aliphatic rings. The standard InChI is InChI=1S/C22H28O7/c1-23-17-9-13(10-18(24-2)21(17)27-5)15-7-8-16(29-15)14-11-19(25-3)22(28-6)20(12-14)26-4/h9-12,15-16H,7-8H2,1-6H3/t15-,16+. The zero-order valence-electron chi connectivity index (χ0n) is 17.7. The third-order valence-corrected chi connectivity index (χ3v) is 5.14. The molecule has 2 atom stereocenters. The van der Waals surface area contributed by atoms with Crippen LogP contribution in [0.25, 0.3) is 0 Å². The quantitative estimate of drug-likeness (QED) is 0.649. The summed E-state index contributed by atoms with van der Waals surface area (Å²) >= 11 is 0. The van der Waals surface area contributed by atoms with E-state index >= 15 is 0 Å². The Morgan fingerprint density at radius 3 is 1.10 bits per heavy atom. The lowest BCUT2D eigenvalue weighted by molar-refractivity contribution is 0.0435. The Kier molecular flexibility index (Phi) is 6.59. The van der Waals surface area contributed by atoms with Crippen LogP contribution < -0.4 is 28.4 Å². The summed E-state index contributed by atoms with van der Waals surface area (Å²) in [5.74, 6) is 3.59. The summed E-state index contributed by atoms with van der Waals surface area (Å²) in [5, 5.41) is 0. The SMILES string of the molecule is COc1cc([C@@H]2CC[C@H](c3cc(OC)c(OC)c(OC)c3)O2)cc(OC)c1OC. The zero-order valence-corrected chi connectivity index (χ0v) is 17.7. The Morgan fingerprint density at radius 1 is 0.552 bits per heavy atom. The zero-order chi connectivity index (χ0) is 21.0. The third-order valence-electron chi connectivity index (χ3n) is 5.14. The van der Waals surface area contributed by atoms with Crippen LogP contribution in [0.3, 0.4) is 0 Å². The molecule has 1 heterocycles. The predicted octanol–water partition coefficient (Wildman–Crippen LogP) is 4.33. The van der Waals surface area contributed by atoms with Gasteiger partial charge in [0.25, 0.3) is 0 Å². The maximum atomic E-state index is 6.37. The van der Waals surface area contributed by atoms with Crippen LogP contribution in [0.2, 0.25) is 0 Å². The van der Waals surface area contributed by atoms with Gasteiger partial charge in [0.1, 0.15) is 0 Å². The highest BCUT2D eigenvalue weighted by Gasteiger charge is 2.31. The maximum absolute atomic E-state index is 6.37. The van der Waals surface area contributed by atoms with Gasteiger partial charge in [-0.15, -0.1) is 0 Å². The van der Waals surface area contributed by atoms with Crippen LogP contribution in [0.1, 0.15) is 36.2 Å². The summed E-state index contributed by atoms with van der Waals surface area (Å²) in [6.45, 7) is 0. The van der Waals surface area contributed by atoms with E-state index in [2.05, 4.69) is 0 Å². The molecular formula is C22H28O7. The van der Waals surface area contributed by atoms with Crippen LogP contribution in [0.15, 0.2) is 24.3 Å². The van der Waals surface area contributed by atoms with Crippen LogP contribution in [-0.2, 0) is 4.74 Å². The van der Waals surface area contributed by atoms with E-state index in [1.165, 1.54) is 0 Å². The number of hydrogen-bond donors (Lipinski definition) is 0. The molecule has 0 N–H and O–H groups in total. The highest BCUT2D eigenvalue weighted by Crippen LogP contribution is 2.48. The van der Waals surface area contributed by atoms with Gasteiger partial charge in [-0.3, -0.25) is 0 Å². The first-order chi connectivity index (χ1) is 14.1. The highest BCUT2D eigenvalue weighted by molar-refractivity contribution is 5.55. The Morgan fingerprint density at radius 2 is 0.862 bits per heavy atom. The number of ether oxygens (including phenoxy) is 7. The maximum Gasteiger partial charge on any atom is 0.203 e. The van der Waals surface area contributed by atoms with Crippen molar-refractivity contribution in [2.24, 2.45) is 0 Å². The van der Waals surface area contributed by atoms with Crippen molar-refractivity contribution in [2.45, 2.75) is 25.0 Å². The molecule has 29 heavy (non-hydrogen) atoms. The predicted molar refractivity (Wildman–Crippen MR) is 108 cm³/mol. The van der Waals surface area contributed by atoms with E-state index in [-0.39, 0.29) is 12.2 Å². The Hall–Kier alpha value is -2.80. The Labute approximate surface area is 171 Å². The molecule has 0 spiro atoms. The van der Waals surface area contributed by atoms with E-state index in [1.54, 1.807) is 42.7 Å². The number of methoxy groups -OCH3 is 6. The molecule has 0 saturated carbocycles. The minimum absolute atomic E-state index is 0.0900. The van der Waals surface area contributed by atoms with Gasteiger partial charge < -0.3 is 33.2 Å². The molecule has 1 fully saturated rings. The average Bonchev–Trinajstić information content (AvgIpc) is 3.27. The van der Waals surface area contributed by atoms with Crippen molar-refractivity contribution in [2.75, 3.05) is 42.7 Å². The van der Waals surface area contributed by atoms with Crippen molar-refractivity contribution < 1.29 is 33.2 Å². The second-order valence-corrected chi connectivity index (χ2v) is 6.61. The van der Waals surface area contributed by atoms with Crippen molar-refractivity contribution in [1.82, 2.24) is 0 Å². The summed E-state index contributed by atoms with van der Waals surface area (Å²) in [5.41, 5.74) is 1.96. The van der Waals surface area contributed by atoms with E-state index in [4.69, 9.17) is 33.2 Å². The molecule has 0 aromatic heterocycles. The summed E-state index contributed by atoms with van der Waals surface area (Å²) in [6, 6.07) is 7.74. The lowest BCUT2D eigenvalue weighted by atomic mass is 10.0. The summed E-state index contributed by atoms with van der Waals surface area (Å²) in [6.07, 6.45) is 1.54. The minimum atomic E-state index is -0.0900. The van der Waals surface area contributed by atoms with Gasteiger partial charge in [-0.05, 0) is 48.2 Å². The van der Waals surface area contributed by atoms with Crippen molar-refractivity contribution >= 4 is 0 Å². The molecule has 0 radical (unpaired) electrons. The molecule has 2 aromatic carbocycles. The fourth-order valence-electron chi connectivity index (χ4n) is 3.70. The molecular weight excluding hydrogens is 376 g/mol. The largest absolute Gasteiger partial charge is 0.493 e. The fourth-order valence-corrected chi connectivity index (χ4v) is 3.70. The van der Waals surface area contributed by atoms with Crippen molar-refractivity contribution in [3.05, 3.63) is 35.4 Å². The Balaban J connectivity index is 1.89. The van der Waals surface area contributed by atoms with E-state index < -0.39 is 0 Å². The van der Waals surface area contributed by atoms with E-state index in [0.717, 1.165) is 24.0 Å². The second kappa shape index (κ2) is 9.13. The molecule has 0 bridgehead atoms. The molecule has 2 aromatic rings. The first-order valence-electron chi connectivity index (χ1n) is 9.35. The monoisotopic (exact) mass is 404 g/mol. The van der Waals surface area contributed by atoms with Crippen LogP contribution >= 0.6 is 0 Å². The fraction of sp³-hybridized carbons (Fsp3) is 0.455. The molecule has 3 rings (SSSR count). The van der Waals surface area contributed by atoms with Crippen molar-refractivity contribution in [1.29, 1.82) is 0 Å². The van der Waals surface area contributed by atoms with Gasteiger partial charge in [0.05, 0.1) is 54.9 Å². The average molecular weight is 404 g/mol. The van der Waals surface area contributed by atoms with Crippen LogP contribution in [-0.4, -0.2) is 42.7 Å². The molecule has 158 valence electrons. The van der Waals surface area contributed by atoms with Crippen molar-refractivity contribution in [3.63, 3.8) is 0 Å². The van der Waals surface area contributed by atoms with Crippen LogP contribution in [0.4, 0.5) is 0 Å². The lowest BCUT2D eigenvalue weighted by Gasteiger charge is -2.19. The van der Waals surface area contributed by atoms with Gasteiger partial charge >= 0.3 is 0 Å². The van der Waals surface area contributed by atoms with Crippen LogP contribution in [0.5, 0.6) is 34.5 Å². The van der Waals surface area contributed by atoms with E-state index in [9.17, 15) is 0 Å². The minimum Gasteiger partial charge on any atom is -0.493 e. The van der Waals surface area contributed by atoms with Gasteiger partial charge in [0.15, 0.2) is 23.0 Å². The second-order valence-electron chi connectivity index (χ2n) is 6.61. The van der Waals surface area contributed by atoms with Gasteiger partial charge in [-0.2, -0.15) is 0 Å². The topological polar surface area (TPSA) is 64.6 Å². The van der Waals surface area contributed by atoms with Gasteiger partial charge in [-0.1, -0.05) is 0 Å². The molecule has 0 amide bonds. The molecule has 7 heteroatoms. The van der Waals surface area contributed by atoms with Gasteiger partial charge in [-0.25, -0.2) is 0 Å². The third kappa shape index (κ3) is 4.00. The van der Waals surface area contributed by atoms with Crippen LogP contribution in [0, 0.1) is 0 Å². The summed E-state index contributed by atoms with van der Waals surface area (Å²) in [7, 11) is 9.61. The number of benzene rings is 2. The van der Waals surface area contributed by atoms with Gasteiger partial charge in [0.2, 0.25) is 11.5 Å².